The average molecular weight is 456 g/mol. The molecule has 0 saturated carbocycles. The maximum absolute atomic E-state index is 12.4. The Morgan fingerprint density at radius 2 is 1.97 bits per heavy atom. The number of benzene rings is 2. The van der Waals surface area contributed by atoms with Gasteiger partial charge in [-0.3, -0.25) is 4.72 Å². The van der Waals surface area contributed by atoms with Crippen LogP contribution in [0.1, 0.15) is 22.8 Å². The molecule has 1 atom stereocenters. The fraction of sp³-hybridized carbons (Fsp3) is 0.217. The number of anilines is 1. The lowest BCUT2D eigenvalue weighted by Gasteiger charge is -2.14. The predicted octanol–water partition coefficient (Wildman–Crippen LogP) is 4.20. The van der Waals surface area contributed by atoms with Gasteiger partial charge in [0, 0.05) is 29.3 Å². The molecule has 0 bridgehead atoms. The molecule has 2 aromatic carbocycles. The number of nitrogens with one attached hydrogen (secondary N) is 3. The van der Waals surface area contributed by atoms with Crippen LogP contribution in [0.3, 0.4) is 0 Å². The highest BCUT2D eigenvalue weighted by atomic mass is 32.2. The maximum Gasteiger partial charge on any atom is 0.271 e. The average Bonchev–Trinajstić information content (AvgIpc) is 3.42. The third-order valence-electron chi connectivity index (χ3n) is 5.20. The van der Waals surface area contributed by atoms with Gasteiger partial charge in [-0.1, -0.05) is 36.4 Å². The van der Waals surface area contributed by atoms with Crippen LogP contribution in [0.25, 0.3) is 10.9 Å². The maximum atomic E-state index is 12.4. The van der Waals surface area contributed by atoms with E-state index in [0.717, 1.165) is 24.3 Å². The zero-order valence-corrected chi connectivity index (χ0v) is 18.8. The van der Waals surface area contributed by atoms with Crippen LogP contribution in [0, 0.1) is 6.92 Å². The second-order valence-corrected chi connectivity index (χ2v) is 10.3. The summed E-state index contributed by atoms with van der Waals surface area (Å²) >= 11 is 1.16. The summed E-state index contributed by atoms with van der Waals surface area (Å²) in [6, 6.07) is 16.4. The molecular weight excluding hydrogens is 430 g/mol. The van der Waals surface area contributed by atoms with Crippen molar-refractivity contribution < 1.29 is 13.5 Å². The fourth-order valence-corrected chi connectivity index (χ4v) is 5.62. The molecule has 4 N–H and O–H groups in total. The summed E-state index contributed by atoms with van der Waals surface area (Å²) in [7, 11) is -3.61. The van der Waals surface area contributed by atoms with Gasteiger partial charge in [0.2, 0.25) is 0 Å². The van der Waals surface area contributed by atoms with Gasteiger partial charge in [0.25, 0.3) is 10.0 Å². The molecule has 6 nitrogen and oxygen atoms in total. The quantitative estimate of drug-likeness (QED) is 0.285. The third-order valence-corrected chi connectivity index (χ3v) is 7.98. The van der Waals surface area contributed by atoms with Gasteiger partial charge in [-0.2, -0.15) is 0 Å². The van der Waals surface area contributed by atoms with Crippen LogP contribution in [0.2, 0.25) is 0 Å². The summed E-state index contributed by atoms with van der Waals surface area (Å²) in [5.41, 5.74) is 4.72. The van der Waals surface area contributed by atoms with Gasteiger partial charge >= 0.3 is 0 Å². The molecule has 2 heterocycles. The molecule has 31 heavy (non-hydrogen) atoms. The number of aliphatic hydroxyl groups excluding tert-OH is 1. The topological polar surface area (TPSA) is 94.2 Å². The summed E-state index contributed by atoms with van der Waals surface area (Å²) in [5, 5.41) is 16.8. The first kappa shape index (κ1) is 21.6. The molecular formula is C23H25N3O3S2. The van der Waals surface area contributed by atoms with Gasteiger partial charge in [0.15, 0.2) is 0 Å². The predicted molar refractivity (Wildman–Crippen MR) is 126 cm³/mol. The van der Waals surface area contributed by atoms with E-state index in [2.05, 4.69) is 40.1 Å². The zero-order chi connectivity index (χ0) is 21.8. The molecule has 4 rings (SSSR count). The second-order valence-electron chi connectivity index (χ2n) is 7.44. The Balaban J connectivity index is 1.33. The van der Waals surface area contributed by atoms with E-state index in [0.29, 0.717) is 17.8 Å². The minimum atomic E-state index is -3.61. The largest absolute Gasteiger partial charge is 0.387 e. The number of para-hydroxylation sites is 1. The van der Waals surface area contributed by atoms with Crippen molar-refractivity contribution in [2.24, 2.45) is 0 Å². The number of aryl methyl sites for hydroxylation is 1. The highest BCUT2D eigenvalue weighted by Crippen LogP contribution is 2.23. The van der Waals surface area contributed by atoms with Crippen molar-refractivity contribution in [3.05, 3.63) is 82.9 Å². The Hall–Kier alpha value is -2.65. The number of hydrogen-bond donors (Lipinski definition) is 4. The molecule has 0 unspecified atom stereocenters. The molecule has 0 spiro atoms. The van der Waals surface area contributed by atoms with E-state index in [1.165, 1.54) is 22.0 Å². The first-order chi connectivity index (χ1) is 14.9. The summed E-state index contributed by atoms with van der Waals surface area (Å²) in [4.78, 5) is 3.33. The summed E-state index contributed by atoms with van der Waals surface area (Å²) in [6.45, 7) is 3.19. The van der Waals surface area contributed by atoms with Crippen LogP contribution in [-0.2, 0) is 16.4 Å². The first-order valence-corrected chi connectivity index (χ1v) is 12.4. The van der Waals surface area contributed by atoms with Gasteiger partial charge in [-0.05, 0) is 60.2 Å². The summed E-state index contributed by atoms with van der Waals surface area (Å²) < 4.78 is 27.6. The van der Waals surface area contributed by atoms with Gasteiger partial charge in [0.05, 0.1) is 6.10 Å². The number of aliphatic hydroxyl groups is 1. The monoisotopic (exact) mass is 455 g/mol. The Labute approximate surface area is 186 Å². The number of sulfonamides is 1. The van der Waals surface area contributed by atoms with Crippen molar-refractivity contribution in [1.82, 2.24) is 10.3 Å². The molecule has 0 aliphatic heterocycles. The van der Waals surface area contributed by atoms with Crippen LogP contribution in [0.5, 0.6) is 0 Å². The van der Waals surface area contributed by atoms with Gasteiger partial charge in [-0.25, -0.2) is 8.42 Å². The number of fused-ring (bicyclic) bond motifs is 1. The standard InChI is InChI=1S/C23H25N3O3S2/c1-16-5-2-8-20-18(14-25-23(16)20)10-11-24-15-21(27)17-6-3-7-19(13-17)26-31(28,29)22-9-4-12-30-22/h2-9,12-14,21,24-27H,10-11,15H2,1H3/t21-/m0/s1. The Bertz CT molecular complexity index is 1260. The molecule has 0 aliphatic carbocycles. The number of thiophene rings is 1. The van der Waals surface area contributed by atoms with Crippen molar-refractivity contribution >= 4 is 38.0 Å². The van der Waals surface area contributed by atoms with Crippen LogP contribution >= 0.6 is 11.3 Å². The first-order valence-electron chi connectivity index (χ1n) is 10.0. The molecule has 0 aliphatic rings. The summed E-state index contributed by atoms with van der Waals surface area (Å²) in [6.07, 6.45) is 2.15. The van der Waals surface area contributed by atoms with E-state index in [1.54, 1.807) is 41.8 Å². The van der Waals surface area contributed by atoms with Crippen molar-refractivity contribution in [3.8, 4) is 0 Å². The van der Waals surface area contributed by atoms with Crippen molar-refractivity contribution in [2.45, 2.75) is 23.7 Å². The van der Waals surface area contributed by atoms with Crippen molar-refractivity contribution in [2.75, 3.05) is 17.8 Å². The van der Waals surface area contributed by atoms with Crippen LogP contribution in [0.15, 0.2) is 70.4 Å². The van der Waals surface area contributed by atoms with Crippen molar-refractivity contribution in [1.29, 1.82) is 0 Å². The molecule has 0 amide bonds. The van der Waals surface area contributed by atoms with Crippen molar-refractivity contribution in [3.63, 3.8) is 0 Å². The third kappa shape index (κ3) is 4.99. The number of aromatic nitrogens is 1. The van der Waals surface area contributed by atoms with E-state index >= 15 is 0 Å². The van der Waals surface area contributed by atoms with Gasteiger partial charge in [-0.15, -0.1) is 11.3 Å². The number of rotatable bonds is 9. The van der Waals surface area contributed by atoms with Crippen LogP contribution in [0.4, 0.5) is 5.69 Å². The van der Waals surface area contributed by atoms with Crippen LogP contribution in [-0.4, -0.2) is 31.6 Å². The zero-order valence-electron chi connectivity index (χ0n) is 17.1. The number of H-pyrrole nitrogens is 1. The Morgan fingerprint density at radius 3 is 2.77 bits per heavy atom. The minimum Gasteiger partial charge on any atom is -0.387 e. The van der Waals surface area contributed by atoms with E-state index < -0.39 is 16.1 Å². The molecule has 4 aromatic rings. The van der Waals surface area contributed by atoms with E-state index in [1.807, 2.05) is 6.20 Å². The molecule has 8 heteroatoms. The Kier molecular flexibility index (Phi) is 6.43. The number of hydrogen-bond acceptors (Lipinski definition) is 5. The molecule has 0 saturated heterocycles. The lowest BCUT2D eigenvalue weighted by atomic mass is 10.1. The SMILES string of the molecule is Cc1cccc2c(CCNC[C@H](O)c3cccc(NS(=O)(=O)c4cccs4)c3)c[nH]c12. The Morgan fingerprint density at radius 1 is 1.13 bits per heavy atom. The van der Waals surface area contributed by atoms with E-state index in [4.69, 9.17) is 0 Å². The highest BCUT2D eigenvalue weighted by molar-refractivity contribution is 7.94. The van der Waals surface area contributed by atoms with E-state index in [-0.39, 0.29) is 4.21 Å². The molecule has 0 fully saturated rings. The molecule has 162 valence electrons. The lowest BCUT2D eigenvalue weighted by molar-refractivity contribution is 0.175. The second kappa shape index (κ2) is 9.23. The minimum absolute atomic E-state index is 0.257. The molecule has 0 radical (unpaired) electrons. The van der Waals surface area contributed by atoms with Gasteiger partial charge in [0.1, 0.15) is 4.21 Å². The highest BCUT2D eigenvalue weighted by Gasteiger charge is 2.16. The number of aromatic amines is 1. The smallest absolute Gasteiger partial charge is 0.271 e. The summed E-state index contributed by atoms with van der Waals surface area (Å²) in [5.74, 6) is 0. The lowest BCUT2D eigenvalue weighted by Crippen LogP contribution is -2.23. The van der Waals surface area contributed by atoms with Gasteiger partial charge < -0.3 is 15.4 Å². The molecule has 2 aromatic heterocycles. The van der Waals surface area contributed by atoms with Crippen LogP contribution < -0.4 is 10.0 Å². The normalized spacial score (nSPS) is 12.8. The fourth-order valence-electron chi connectivity index (χ4n) is 3.58. The van der Waals surface area contributed by atoms with E-state index in [9.17, 15) is 13.5 Å².